The first-order valence-corrected chi connectivity index (χ1v) is 13.1. The minimum Gasteiger partial charge on any atom is -0.493 e. The molecule has 0 saturated carbocycles. The number of imidazole rings is 1. The number of ether oxygens (including phenoxy) is 2. The number of fused-ring (bicyclic) bond motifs is 1. The SMILES string of the molecule is COc1cc(-c2nc3cc(C)ccn3c2NC(C)(C)CC(C)(C)C)ccc1OC(=O)CCc1ccccc1. The Kier molecular flexibility index (Phi) is 7.81. The lowest BCUT2D eigenvalue weighted by Crippen LogP contribution is -2.36. The van der Waals surface area contributed by atoms with Crippen LogP contribution in [0.3, 0.4) is 0 Å². The van der Waals surface area contributed by atoms with E-state index in [2.05, 4.69) is 69.6 Å². The highest BCUT2D eigenvalue weighted by Crippen LogP contribution is 2.38. The first kappa shape index (κ1) is 27.2. The number of aromatic nitrogens is 2. The molecule has 0 aliphatic rings. The number of nitrogens with one attached hydrogen (secondary N) is 1. The zero-order valence-corrected chi connectivity index (χ0v) is 23.6. The lowest BCUT2D eigenvalue weighted by atomic mass is 9.82. The van der Waals surface area contributed by atoms with E-state index in [0.29, 0.717) is 17.9 Å². The third-order valence-corrected chi connectivity index (χ3v) is 6.33. The van der Waals surface area contributed by atoms with E-state index < -0.39 is 0 Å². The summed E-state index contributed by atoms with van der Waals surface area (Å²) in [5.41, 5.74) is 4.78. The third kappa shape index (κ3) is 6.74. The van der Waals surface area contributed by atoms with E-state index in [1.54, 1.807) is 13.2 Å². The van der Waals surface area contributed by atoms with Crippen LogP contribution >= 0.6 is 0 Å². The minimum absolute atomic E-state index is 0.156. The minimum atomic E-state index is -0.297. The second-order valence-corrected chi connectivity index (χ2v) is 11.8. The van der Waals surface area contributed by atoms with E-state index in [1.165, 1.54) is 0 Å². The lowest BCUT2D eigenvalue weighted by Gasteiger charge is -2.34. The number of esters is 1. The molecule has 0 aliphatic carbocycles. The molecule has 2 aromatic carbocycles. The van der Waals surface area contributed by atoms with Crippen molar-refractivity contribution in [2.45, 2.75) is 66.3 Å². The second-order valence-electron chi connectivity index (χ2n) is 11.8. The molecule has 2 aromatic heterocycles. The van der Waals surface area contributed by atoms with Crippen LogP contribution in [0.15, 0.2) is 66.9 Å². The molecule has 0 unspecified atom stereocenters. The van der Waals surface area contributed by atoms with Crippen molar-refractivity contribution in [1.29, 1.82) is 0 Å². The van der Waals surface area contributed by atoms with Crippen LogP contribution < -0.4 is 14.8 Å². The molecule has 0 radical (unpaired) electrons. The van der Waals surface area contributed by atoms with E-state index in [-0.39, 0.29) is 23.3 Å². The second kappa shape index (κ2) is 10.9. The molecule has 4 aromatic rings. The zero-order chi connectivity index (χ0) is 27.5. The van der Waals surface area contributed by atoms with E-state index >= 15 is 0 Å². The van der Waals surface area contributed by atoms with Crippen LogP contribution in [0.4, 0.5) is 5.82 Å². The standard InChI is InChI=1S/C32H39N3O3/c1-22-17-18-35-27(19-22)33-29(30(35)34-32(5,6)21-31(2,3)4)24-14-15-25(26(20-24)37-7)38-28(36)16-13-23-11-9-8-10-12-23/h8-12,14-15,17-20,34H,13,16,21H2,1-7H3. The number of pyridine rings is 1. The Bertz CT molecular complexity index is 1420. The molecule has 2 heterocycles. The summed E-state index contributed by atoms with van der Waals surface area (Å²) >= 11 is 0. The summed E-state index contributed by atoms with van der Waals surface area (Å²) in [7, 11) is 1.58. The molecular weight excluding hydrogens is 474 g/mol. The van der Waals surface area contributed by atoms with E-state index in [0.717, 1.165) is 40.3 Å². The maximum Gasteiger partial charge on any atom is 0.311 e. The molecule has 200 valence electrons. The van der Waals surface area contributed by atoms with Crippen molar-refractivity contribution in [3.05, 3.63) is 78.0 Å². The van der Waals surface area contributed by atoms with Gasteiger partial charge in [0.05, 0.1) is 7.11 Å². The van der Waals surface area contributed by atoms with Gasteiger partial charge in [0.25, 0.3) is 0 Å². The summed E-state index contributed by atoms with van der Waals surface area (Å²) in [6.45, 7) is 13.2. The summed E-state index contributed by atoms with van der Waals surface area (Å²) < 4.78 is 13.4. The van der Waals surface area contributed by atoms with Crippen molar-refractivity contribution in [3.63, 3.8) is 0 Å². The van der Waals surface area contributed by atoms with Crippen molar-refractivity contribution < 1.29 is 14.3 Å². The first-order valence-electron chi connectivity index (χ1n) is 13.1. The number of anilines is 1. The number of carbonyl (C=O) groups excluding carboxylic acids is 1. The van der Waals surface area contributed by atoms with Crippen LogP contribution in [0.1, 0.15) is 58.6 Å². The summed E-state index contributed by atoms with van der Waals surface area (Å²) in [6, 6.07) is 19.7. The van der Waals surface area contributed by atoms with E-state index in [4.69, 9.17) is 14.5 Å². The summed E-state index contributed by atoms with van der Waals surface area (Å²) in [5, 5.41) is 3.78. The summed E-state index contributed by atoms with van der Waals surface area (Å²) in [6.07, 6.45) is 3.94. The van der Waals surface area contributed by atoms with Crippen molar-refractivity contribution in [1.82, 2.24) is 9.38 Å². The largest absolute Gasteiger partial charge is 0.493 e. The molecule has 0 aliphatic heterocycles. The van der Waals surface area contributed by atoms with E-state index in [9.17, 15) is 4.79 Å². The van der Waals surface area contributed by atoms with Crippen molar-refractivity contribution >= 4 is 17.4 Å². The van der Waals surface area contributed by atoms with Gasteiger partial charge < -0.3 is 14.8 Å². The van der Waals surface area contributed by atoms with E-state index in [1.807, 2.05) is 42.5 Å². The summed E-state index contributed by atoms with van der Waals surface area (Å²) in [4.78, 5) is 17.6. The molecular formula is C32H39N3O3. The Morgan fingerprint density at radius 3 is 2.39 bits per heavy atom. The van der Waals surface area contributed by atoms with Gasteiger partial charge in [-0.1, -0.05) is 51.1 Å². The molecule has 0 bridgehead atoms. The van der Waals surface area contributed by atoms with Crippen molar-refractivity contribution in [2.75, 3.05) is 12.4 Å². The molecule has 0 fully saturated rings. The molecule has 0 saturated heterocycles. The molecule has 1 N–H and O–H groups in total. The average molecular weight is 514 g/mol. The fourth-order valence-corrected chi connectivity index (χ4v) is 5.12. The van der Waals surface area contributed by atoms with Crippen molar-refractivity contribution in [2.24, 2.45) is 5.41 Å². The predicted octanol–water partition coefficient (Wildman–Crippen LogP) is 7.48. The van der Waals surface area contributed by atoms with Crippen LogP contribution in [0.5, 0.6) is 11.5 Å². The van der Waals surface area contributed by atoms with Crippen LogP contribution in [0, 0.1) is 12.3 Å². The Morgan fingerprint density at radius 2 is 1.71 bits per heavy atom. The van der Waals surface area contributed by atoms with Gasteiger partial charge in [0.15, 0.2) is 11.5 Å². The van der Waals surface area contributed by atoms with Crippen LogP contribution in [-0.4, -0.2) is 28.0 Å². The highest BCUT2D eigenvalue weighted by atomic mass is 16.6. The quantitative estimate of drug-likeness (QED) is 0.186. The third-order valence-electron chi connectivity index (χ3n) is 6.33. The highest BCUT2D eigenvalue weighted by molar-refractivity contribution is 5.80. The van der Waals surface area contributed by atoms with Gasteiger partial charge in [-0.05, 0) is 80.5 Å². The van der Waals surface area contributed by atoms with Gasteiger partial charge in [-0.3, -0.25) is 9.20 Å². The first-order chi connectivity index (χ1) is 17.9. The number of rotatable bonds is 9. The van der Waals surface area contributed by atoms with Crippen molar-refractivity contribution in [3.8, 4) is 22.8 Å². The summed E-state index contributed by atoms with van der Waals surface area (Å²) in [5.74, 6) is 1.51. The number of methoxy groups -OCH3 is 1. The average Bonchev–Trinajstić information content (AvgIpc) is 3.18. The molecule has 6 nitrogen and oxygen atoms in total. The smallest absolute Gasteiger partial charge is 0.311 e. The molecule has 38 heavy (non-hydrogen) atoms. The van der Waals surface area contributed by atoms with Gasteiger partial charge in [-0.15, -0.1) is 0 Å². The van der Waals surface area contributed by atoms with Gasteiger partial charge in [0.2, 0.25) is 0 Å². The molecule has 0 amide bonds. The van der Waals surface area contributed by atoms with Gasteiger partial charge in [0.1, 0.15) is 17.2 Å². The van der Waals surface area contributed by atoms with Crippen LogP contribution in [0.25, 0.3) is 16.9 Å². The number of nitrogens with zero attached hydrogens (tertiary/aromatic N) is 2. The molecule has 6 heteroatoms. The Balaban J connectivity index is 1.64. The number of hydrogen-bond donors (Lipinski definition) is 1. The highest BCUT2D eigenvalue weighted by Gasteiger charge is 2.28. The Hall–Kier alpha value is -3.80. The maximum atomic E-state index is 12.6. The fourth-order valence-electron chi connectivity index (χ4n) is 5.12. The topological polar surface area (TPSA) is 64.9 Å². The molecule has 0 atom stereocenters. The maximum absolute atomic E-state index is 12.6. The number of hydrogen-bond acceptors (Lipinski definition) is 5. The van der Waals surface area contributed by atoms with Gasteiger partial charge >= 0.3 is 5.97 Å². The van der Waals surface area contributed by atoms with Gasteiger partial charge in [-0.25, -0.2) is 4.98 Å². The Labute approximate surface area is 226 Å². The monoisotopic (exact) mass is 513 g/mol. The van der Waals surface area contributed by atoms with Gasteiger partial charge in [0, 0.05) is 23.7 Å². The molecule has 4 rings (SSSR count). The number of carbonyl (C=O) groups is 1. The number of benzene rings is 2. The zero-order valence-electron chi connectivity index (χ0n) is 23.6. The Morgan fingerprint density at radius 1 is 0.974 bits per heavy atom. The molecule has 0 spiro atoms. The fraction of sp³-hybridized carbons (Fsp3) is 0.375. The van der Waals surface area contributed by atoms with Crippen LogP contribution in [0.2, 0.25) is 0 Å². The van der Waals surface area contributed by atoms with Gasteiger partial charge in [-0.2, -0.15) is 0 Å². The number of aryl methyl sites for hydroxylation is 2. The predicted molar refractivity (Wildman–Crippen MR) is 154 cm³/mol. The van der Waals surface area contributed by atoms with Crippen LogP contribution in [-0.2, 0) is 11.2 Å². The normalized spacial score (nSPS) is 12.0. The lowest BCUT2D eigenvalue weighted by molar-refractivity contribution is -0.134.